The summed E-state index contributed by atoms with van der Waals surface area (Å²) < 4.78 is 0. The molecule has 1 heterocycles. The van der Waals surface area contributed by atoms with Gasteiger partial charge in [-0.3, -0.25) is 9.59 Å². The van der Waals surface area contributed by atoms with Gasteiger partial charge in [-0.2, -0.15) is 0 Å². The highest BCUT2D eigenvalue weighted by atomic mass is 31.2. The molecule has 0 aromatic heterocycles. The van der Waals surface area contributed by atoms with Gasteiger partial charge < -0.3 is 20.4 Å². The fraction of sp³-hybridized carbons (Fsp3) is 0.714. The highest BCUT2D eigenvalue weighted by Gasteiger charge is 2.26. The van der Waals surface area contributed by atoms with Crippen molar-refractivity contribution in [2.45, 2.75) is 18.9 Å². The van der Waals surface area contributed by atoms with Crippen molar-refractivity contribution in [1.29, 1.82) is 0 Å². The van der Waals surface area contributed by atoms with Gasteiger partial charge in [0.2, 0.25) is 11.8 Å². The third-order valence-corrected chi connectivity index (χ3v) is 2.55. The molecule has 7 heteroatoms. The summed E-state index contributed by atoms with van der Waals surface area (Å²) in [5, 5.41) is 5.04. The number of hydrogen-bond donors (Lipinski definition) is 4. The predicted molar refractivity (Wildman–Crippen MR) is 50.4 cm³/mol. The van der Waals surface area contributed by atoms with E-state index in [0.717, 1.165) is 0 Å². The van der Waals surface area contributed by atoms with E-state index >= 15 is 0 Å². The molecule has 2 amide bonds. The average Bonchev–Trinajstić information content (AvgIpc) is 2.51. The van der Waals surface area contributed by atoms with Gasteiger partial charge >= 0.3 is 0 Å². The second-order valence-corrected chi connectivity index (χ2v) is 4.24. The lowest BCUT2D eigenvalue weighted by Gasteiger charge is -2.10. The van der Waals surface area contributed by atoms with Crippen LogP contribution < -0.4 is 10.6 Å². The number of nitrogens with one attached hydrogen (secondary N) is 2. The van der Waals surface area contributed by atoms with Gasteiger partial charge in [0.1, 0.15) is 6.04 Å². The van der Waals surface area contributed by atoms with Crippen LogP contribution in [-0.2, 0) is 9.59 Å². The summed E-state index contributed by atoms with van der Waals surface area (Å²) in [6.07, 6.45) is 1.05. The van der Waals surface area contributed by atoms with E-state index in [-0.39, 0.29) is 24.5 Å². The van der Waals surface area contributed by atoms with Crippen molar-refractivity contribution >= 4 is 20.2 Å². The monoisotopic (exact) mass is 220 g/mol. The Morgan fingerprint density at radius 1 is 1.64 bits per heavy atom. The number of carbonyl (C=O) groups is 2. The van der Waals surface area contributed by atoms with E-state index in [2.05, 4.69) is 10.6 Å². The summed E-state index contributed by atoms with van der Waals surface area (Å²) >= 11 is 0. The maximum atomic E-state index is 11.3. The zero-order chi connectivity index (χ0) is 10.6. The van der Waals surface area contributed by atoms with Gasteiger partial charge in [0.15, 0.2) is 8.38 Å². The van der Waals surface area contributed by atoms with Crippen LogP contribution in [0.5, 0.6) is 0 Å². The Labute approximate surface area is 82.6 Å². The Balaban J connectivity index is 2.18. The number of amides is 2. The van der Waals surface area contributed by atoms with Gasteiger partial charge in [-0.1, -0.05) is 0 Å². The molecule has 14 heavy (non-hydrogen) atoms. The molecule has 0 saturated carbocycles. The summed E-state index contributed by atoms with van der Waals surface area (Å²) in [5.74, 6) is -0.371. The van der Waals surface area contributed by atoms with Crippen molar-refractivity contribution in [3.05, 3.63) is 0 Å². The third-order valence-electron chi connectivity index (χ3n) is 1.92. The zero-order valence-corrected chi connectivity index (χ0v) is 8.46. The fourth-order valence-corrected chi connectivity index (χ4v) is 1.52. The van der Waals surface area contributed by atoms with Crippen LogP contribution in [-0.4, -0.2) is 40.3 Å². The maximum absolute atomic E-state index is 11.3. The van der Waals surface area contributed by atoms with Crippen molar-refractivity contribution in [2.24, 2.45) is 0 Å². The van der Waals surface area contributed by atoms with Gasteiger partial charge in [-0.05, 0) is 6.42 Å². The smallest absolute Gasteiger partial charge is 0.242 e. The molecule has 1 aliphatic heterocycles. The second-order valence-electron chi connectivity index (χ2n) is 3.05. The van der Waals surface area contributed by atoms with Crippen molar-refractivity contribution in [3.8, 4) is 0 Å². The molecule has 0 aromatic carbocycles. The lowest BCUT2D eigenvalue weighted by atomic mass is 10.2. The minimum Gasteiger partial charge on any atom is -0.354 e. The topological polar surface area (TPSA) is 98.7 Å². The van der Waals surface area contributed by atoms with Crippen LogP contribution in [0.1, 0.15) is 12.8 Å². The van der Waals surface area contributed by atoms with Gasteiger partial charge in [-0.25, -0.2) is 0 Å². The maximum Gasteiger partial charge on any atom is 0.242 e. The van der Waals surface area contributed by atoms with Gasteiger partial charge in [-0.15, -0.1) is 0 Å². The molecule has 0 aliphatic carbocycles. The van der Waals surface area contributed by atoms with Crippen molar-refractivity contribution in [1.82, 2.24) is 10.6 Å². The molecule has 1 saturated heterocycles. The molecule has 1 aliphatic rings. The fourth-order valence-electron chi connectivity index (χ4n) is 1.21. The van der Waals surface area contributed by atoms with E-state index < -0.39 is 14.4 Å². The summed E-state index contributed by atoms with van der Waals surface area (Å²) in [4.78, 5) is 39.2. The SMILES string of the molecule is O=C1CC[C@@H](C(=O)NCCP(O)O)N1. The van der Waals surface area contributed by atoms with Crippen LogP contribution in [0.4, 0.5) is 0 Å². The minimum absolute atomic E-state index is 0.114. The van der Waals surface area contributed by atoms with Crippen LogP contribution >= 0.6 is 8.38 Å². The Kier molecular flexibility index (Phi) is 4.25. The highest BCUT2D eigenvalue weighted by Crippen LogP contribution is 2.20. The first-order valence-corrected chi connectivity index (χ1v) is 5.75. The lowest BCUT2D eigenvalue weighted by molar-refractivity contribution is -0.125. The molecule has 0 bridgehead atoms. The van der Waals surface area contributed by atoms with Crippen LogP contribution in [0.2, 0.25) is 0 Å². The average molecular weight is 220 g/mol. The van der Waals surface area contributed by atoms with E-state index in [1.807, 2.05) is 0 Å². The van der Waals surface area contributed by atoms with E-state index in [1.54, 1.807) is 0 Å². The van der Waals surface area contributed by atoms with Crippen LogP contribution in [0.3, 0.4) is 0 Å². The number of rotatable bonds is 4. The molecule has 0 spiro atoms. The van der Waals surface area contributed by atoms with E-state index in [1.165, 1.54) is 0 Å². The zero-order valence-electron chi connectivity index (χ0n) is 7.56. The molecular weight excluding hydrogens is 207 g/mol. The first kappa shape index (κ1) is 11.4. The van der Waals surface area contributed by atoms with Crippen molar-refractivity contribution < 1.29 is 19.4 Å². The molecule has 80 valence electrons. The molecule has 6 nitrogen and oxygen atoms in total. The second kappa shape index (κ2) is 5.24. The van der Waals surface area contributed by atoms with E-state index in [9.17, 15) is 9.59 Å². The first-order chi connectivity index (χ1) is 6.59. The Morgan fingerprint density at radius 2 is 2.36 bits per heavy atom. The summed E-state index contributed by atoms with van der Waals surface area (Å²) in [6, 6.07) is -0.453. The Morgan fingerprint density at radius 3 is 2.86 bits per heavy atom. The van der Waals surface area contributed by atoms with Gasteiger partial charge in [0.05, 0.1) is 0 Å². The molecular formula is C7H13N2O4P. The Hall–Kier alpha value is -0.710. The molecule has 0 aromatic rings. The number of carbonyl (C=O) groups excluding carboxylic acids is 2. The molecule has 0 radical (unpaired) electrons. The van der Waals surface area contributed by atoms with Crippen molar-refractivity contribution in [3.63, 3.8) is 0 Å². The van der Waals surface area contributed by atoms with Gasteiger partial charge in [0, 0.05) is 19.1 Å². The summed E-state index contributed by atoms with van der Waals surface area (Å²) in [7, 11) is -1.95. The van der Waals surface area contributed by atoms with Crippen LogP contribution in [0.25, 0.3) is 0 Å². The minimum atomic E-state index is -1.95. The van der Waals surface area contributed by atoms with Crippen LogP contribution in [0.15, 0.2) is 0 Å². The lowest BCUT2D eigenvalue weighted by Crippen LogP contribution is -2.42. The molecule has 0 unspecified atom stereocenters. The normalized spacial score (nSPS) is 21.1. The van der Waals surface area contributed by atoms with Crippen LogP contribution in [0, 0.1) is 0 Å². The van der Waals surface area contributed by atoms with E-state index in [4.69, 9.17) is 9.79 Å². The predicted octanol–water partition coefficient (Wildman–Crippen LogP) is -1.32. The first-order valence-electron chi connectivity index (χ1n) is 4.32. The summed E-state index contributed by atoms with van der Waals surface area (Å²) in [5.41, 5.74) is 0. The number of hydrogen-bond acceptors (Lipinski definition) is 4. The molecule has 1 atom stereocenters. The molecule has 4 N–H and O–H groups in total. The molecule has 1 rings (SSSR count). The third kappa shape index (κ3) is 3.57. The quantitative estimate of drug-likeness (QED) is 0.441. The standard InChI is InChI=1S/C7H13N2O4P/c10-6-2-1-5(9-6)7(11)8-3-4-14(12)13/h5,12-13H,1-4H2,(H,8,11)(H,9,10)/t5-/m0/s1. The van der Waals surface area contributed by atoms with Gasteiger partial charge in [0.25, 0.3) is 0 Å². The summed E-state index contributed by atoms with van der Waals surface area (Å²) in [6.45, 7) is 0.226. The highest BCUT2D eigenvalue weighted by molar-refractivity contribution is 7.45. The Bertz CT molecular complexity index is 234. The van der Waals surface area contributed by atoms with Crippen molar-refractivity contribution in [2.75, 3.05) is 12.7 Å². The largest absolute Gasteiger partial charge is 0.354 e. The molecule has 1 fully saturated rings. The van der Waals surface area contributed by atoms with E-state index in [0.29, 0.717) is 12.8 Å².